The standard InChI is InChI=1S/C10H18FNO3/c1-3-15-10(13)4-5-12(2)9-7-14-6-8(9)11/h8-9H,3-7H2,1-2H3/t8-,9-/m1/s1. The molecule has 1 aliphatic rings. The number of esters is 1. The molecule has 2 atom stereocenters. The summed E-state index contributed by atoms with van der Waals surface area (Å²) in [4.78, 5) is 12.9. The first kappa shape index (κ1) is 12.4. The number of halogens is 1. The minimum Gasteiger partial charge on any atom is -0.466 e. The zero-order valence-electron chi connectivity index (χ0n) is 9.24. The van der Waals surface area contributed by atoms with Crippen LogP contribution in [0.25, 0.3) is 0 Å². The van der Waals surface area contributed by atoms with Crippen molar-refractivity contribution >= 4 is 5.97 Å². The minimum atomic E-state index is -0.947. The number of alkyl halides is 1. The lowest BCUT2D eigenvalue weighted by Gasteiger charge is -2.23. The Labute approximate surface area is 89.3 Å². The van der Waals surface area contributed by atoms with Crippen molar-refractivity contribution in [2.45, 2.75) is 25.6 Å². The Balaban J connectivity index is 2.23. The van der Waals surface area contributed by atoms with E-state index in [2.05, 4.69) is 0 Å². The Hall–Kier alpha value is -0.680. The predicted molar refractivity (Wildman–Crippen MR) is 53.4 cm³/mol. The van der Waals surface area contributed by atoms with Crippen molar-refractivity contribution in [1.29, 1.82) is 0 Å². The first-order chi connectivity index (χ1) is 7.15. The minimum absolute atomic E-state index is 0.161. The van der Waals surface area contributed by atoms with Crippen molar-refractivity contribution in [3.8, 4) is 0 Å². The van der Waals surface area contributed by atoms with E-state index in [1.54, 1.807) is 14.0 Å². The van der Waals surface area contributed by atoms with Gasteiger partial charge in [0.05, 0.1) is 32.3 Å². The fraction of sp³-hybridized carbons (Fsp3) is 0.900. The number of ether oxygens (including phenoxy) is 2. The van der Waals surface area contributed by atoms with Crippen molar-refractivity contribution in [1.82, 2.24) is 4.90 Å². The summed E-state index contributed by atoms with van der Waals surface area (Å²) in [7, 11) is 1.80. The van der Waals surface area contributed by atoms with Gasteiger partial charge in [-0.2, -0.15) is 0 Å². The normalized spacial score (nSPS) is 25.9. The second kappa shape index (κ2) is 6.02. The summed E-state index contributed by atoms with van der Waals surface area (Å²) in [5.74, 6) is -0.237. The number of carbonyl (C=O) groups is 1. The molecule has 1 aliphatic heterocycles. The molecule has 0 saturated carbocycles. The Bertz CT molecular complexity index is 213. The summed E-state index contributed by atoms with van der Waals surface area (Å²) in [5.41, 5.74) is 0. The molecule has 0 amide bonds. The maximum atomic E-state index is 13.2. The van der Waals surface area contributed by atoms with Crippen molar-refractivity contribution < 1.29 is 18.7 Å². The number of likely N-dealkylation sites (N-methyl/N-ethyl adjacent to an activating group) is 1. The fourth-order valence-electron chi connectivity index (χ4n) is 1.59. The van der Waals surface area contributed by atoms with Crippen LogP contribution in [-0.4, -0.2) is 56.5 Å². The quantitative estimate of drug-likeness (QED) is 0.635. The fourth-order valence-corrected chi connectivity index (χ4v) is 1.59. The summed E-state index contributed by atoms with van der Waals surface area (Å²) in [6, 6.07) is -0.223. The Morgan fingerprint density at radius 2 is 2.33 bits per heavy atom. The van der Waals surface area contributed by atoms with Gasteiger partial charge in [0.2, 0.25) is 0 Å². The molecule has 0 bridgehead atoms. The van der Waals surface area contributed by atoms with Crippen LogP contribution in [0.1, 0.15) is 13.3 Å². The van der Waals surface area contributed by atoms with Crippen molar-refractivity contribution in [2.24, 2.45) is 0 Å². The van der Waals surface area contributed by atoms with Crippen LogP contribution in [0.2, 0.25) is 0 Å². The molecule has 0 N–H and O–H groups in total. The van der Waals surface area contributed by atoms with Gasteiger partial charge in [-0.05, 0) is 14.0 Å². The van der Waals surface area contributed by atoms with Crippen LogP contribution in [-0.2, 0) is 14.3 Å². The number of hydrogen-bond donors (Lipinski definition) is 0. The highest BCUT2D eigenvalue weighted by molar-refractivity contribution is 5.69. The van der Waals surface area contributed by atoms with Gasteiger partial charge in [0.1, 0.15) is 6.17 Å². The highest BCUT2D eigenvalue weighted by Crippen LogP contribution is 2.15. The molecule has 0 spiro atoms. The molecule has 1 saturated heterocycles. The third kappa shape index (κ3) is 3.76. The average Bonchev–Trinajstić information content (AvgIpc) is 2.61. The van der Waals surface area contributed by atoms with E-state index in [4.69, 9.17) is 9.47 Å². The lowest BCUT2D eigenvalue weighted by Crippen LogP contribution is -2.39. The maximum Gasteiger partial charge on any atom is 0.307 e. The summed E-state index contributed by atoms with van der Waals surface area (Å²) < 4.78 is 23.0. The zero-order valence-corrected chi connectivity index (χ0v) is 9.24. The van der Waals surface area contributed by atoms with Gasteiger partial charge >= 0.3 is 5.97 Å². The third-order valence-electron chi connectivity index (χ3n) is 2.52. The van der Waals surface area contributed by atoms with E-state index in [0.29, 0.717) is 26.2 Å². The van der Waals surface area contributed by atoms with Crippen LogP contribution in [0.4, 0.5) is 4.39 Å². The Morgan fingerprint density at radius 3 is 2.87 bits per heavy atom. The molecule has 0 aromatic rings. The first-order valence-corrected chi connectivity index (χ1v) is 5.22. The second-order valence-corrected chi connectivity index (χ2v) is 3.66. The molecule has 0 aromatic carbocycles. The van der Waals surface area contributed by atoms with E-state index in [9.17, 15) is 9.18 Å². The van der Waals surface area contributed by atoms with Crippen LogP contribution in [0.5, 0.6) is 0 Å². The van der Waals surface area contributed by atoms with Gasteiger partial charge < -0.3 is 9.47 Å². The highest BCUT2D eigenvalue weighted by atomic mass is 19.1. The number of rotatable bonds is 5. The second-order valence-electron chi connectivity index (χ2n) is 3.66. The number of carbonyl (C=O) groups excluding carboxylic acids is 1. The van der Waals surface area contributed by atoms with E-state index in [1.165, 1.54) is 0 Å². The van der Waals surface area contributed by atoms with Gasteiger partial charge in [0.25, 0.3) is 0 Å². The van der Waals surface area contributed by atoms with Crippen LogP contribution in [0, 0.1) is 0 Å². The van der Waals surface area contributed by atoms with Crippen LogP contribution < -0.4 is 0 Å². The third-order valence-corrected chi connectivity index (χ3v) is 2.52. The van der Waals surface area contributed by atoms with E-state index in [0.717, 1.165) is 0 Å². The van der Waals surface area contributed by atoms with Gasteiger partial charge in [-0.25, -0.2) is 4.39 Å². The molecular formula is C10H18FNO3. The summed E-state index contributed by atoms with van der Waals surface area (Å²) in [6.07, 6.45) is -0.648. The van der Waals surface area contributed by atoms with Gasteiger partial charge in [0.15, 0.2) is 0 Å². The zero-order chi connectivity index (χ0) is 11.3. The molecular weight excluding hydrogens is 201 g/mol. The Kier molecular flexibility index (Phi) is 4.98. The van der Waals surface area contributed by atoms with Gasteiger partial charge in [-0.15, -0.1) is 0 Å². The SMILES string of the molecule is CCOC(=O)CCN(C)[C@@H]1COC[C@H]1F. The molecule has 0 unspecified atom stereocenters. The lowest BCUT2D eigenvalue weighted by atomic mass is 10.2. The van der Waals surface area contributed by atoms with Crippen molar-refractivity contribution in [3.63, 3.8) is 0 Å². The molecule has 0 aromatic heterocycles. The van der Waals surface area contributed by atoms with Crippen LogP contribution in [0.15, 0.2) is 0 Å². The highest BCUT2D eigenvalue weighted by Gasteiger charge is 2.31. The van der Waals surface area contributed by atoms with Crippen molar-refractivity contribution in [3.05, 3.63) is 0 Å². The van der Waals surface area contributed by atoms with E-state index in [-0.39, 0.29) is 18.6 Å². The molecule has 88 valence electrons. The van der Waals surface area contributed by atoms with Gasteiger partial charge in [0, 0.05) is 6.54 Å². The Morgan fingerprint density at radius 1 is 1.60 bits per heavy atom. The first-order valence-electron chi connectivity index (χ1n) is 5.22. The predicted octanol–water partition coefficient (Wildman–Crippen LogP) is 0.608. The molecule has 0 radical (unpaired) electrons. The molecule has 5 heteroatoms. The topological polar surface area (TPSA) is 38.8 Å². The van der Waals surface area contributed by atoms with Crippen LogP contribution in [0.3, 0.4) is 0 Å². The van der Waals surface area contributed by atoms with E-state index >= 15 is 0 Å². The summed E-state index contributed by atoms with van der Waals surface area (Å²) in [6.45, 7) is 3.23. The molecule has 1 heterocycles. The molecule has 0 aliphatic carbocycles. The average molecular weight is 219 g/mol. The van der Waals surface area contributed by atoms with E-state index < -0.39 is 6.17 Å². The van der Waals surface area contributed by atoms with Crippen LogP contribution >= 0.6 is 0 Å². The van der Waals surface area contributed by atoms with Gasteiger partial charge in [-0.1, -0.05) is 0 Å². The molecule has 15 heavy (non-hydrogen) atoms. The monoisotopic (exact) mass is 219 g/mol. The largest absolute Gasteiger partial charge is 0.466 e. The number of hydrogen-bond acceptors (Lipinski definition) is 4. The molecule has 1 rings (SSSR count). The molecule has 4 nitrogen and oxygen atoms in total. The number of nitrogens with zero attached hydrogens (tertiary/aromatic N) is 1. The summed E-state index contributed by atoms with van der Waals surface area (Å²) in [5, 5.41) is 0. The smallest absolute Gasteiger partial charge is 0.307 e. The van der Waals surface area contributed by atoms with E-state index in [1.807, 2.05) is 4.90 Å². The maximum absolute atomic E-state index is 13.2. The summed E-state index contributed by atoms with van der Waals surface area (Å²) >= 11 is 0. The van der Waals surface area contributed by atoms with Crippen molar-refractivity contribution in [2.75, 3.05) is 33.4 Å². The lowest BCUT2D eigenvalue weighted by molar-refractivity contribution is -0.143. The molecule has 1 fully saturated rings. The van der Waals surface area contributed by atoms with Gasteiger partial charge in [-0.3, -0.25) is 9.69 Å².